The van der Waals surface area contributed by atoms with Gasteiger partial charge in [0.05, 0.1) is 31.9 Å². The molecule has 0 radical (unpaired) electrons. The van der Waals surface area contributed by atoms with Crippen molar-refractivity contribution in [1.82, 2.24) is 9.55 Å². The second-order valence-electron chi connectivity index (χ2n) is 5.90. The van der Waals surface area contributed by atoms with Gasteiger partial charge in [0, 0.05) is 23.3 Å². The predicted molar refractivity (Wildman–Crippen MR) is 115 cm³/mol. The summed E-state index contributed by atoms with van der Waals surface area (Å²) >= 11 is 4.83. The maximum atomic E-state index is 12.3. The third-order valence-electron chi connectivity index (χ3n) is 4.09. The third-order valence-corrected chi connectivity index (χ3v) is 5.66. The monoisotopic (exact) mass is 461 g/mol. The molecule has 146 valence electrons. The molecule has 1 N–H and O–H groups in total. The molecule has 0 unspecified atom stereocenters. The maximum Gasteiger partial charge on any atom is 0.234 e. The number of hydrogen-bond donors (Lipinski definition) is 1. The Morgan fingerprint density at radius 3 is 2.54 bits per heavy atom. The van der Waals surface area contributed by atoms with Crippen LogP contribution in [-0.4, -0.2) is 35.4 Å². The zero-order valence-electron chi connectivity index (χ0n) is 15.7. The zero-order chi connectivity index (χ0) is 20.1. The summed E-state index contributed by atoms with van der Waals surface area (Å²) in [5.74, 6) is 1.31. The van der Waals surface area contributed by atoms with Crippen molar-refractivity contribution in [2.45, 2.75) is 5.16 Å². The number of carbonyl (C=O) groups is 1. The van der Waals surface area contributed by atoms with Gasteiger partial charge in [-0.25, -0.2) is 4.98 Å². The van der Waals surface area contributed by atoms with Crippen LogP contribution in [0.2, 0.25) is 0 Å². The third kappa shape index (κ3) is 4.69. The number of ether oxygens (including phenoxy) is 2. The summed E-state index contributed by atoms with van der Waals surface area (Å²) in [4.78, 5) is 16.8. The molecule has 3 rings (SSSR count). The lowest BCUT2D eigenvalue weighted by atomic mass is 10.2. The lowest BCUT2D eigenvalue weighted by Crippen LogP contribution is -2.14. The van der Waals surface area contributed by atoms with Crippen molar-refractivity contribution < 1.29 is 14.3 Å². The quantitative estimate of drug-likeness (QED) is 0.520. The summed E-state index contributed by atoms with van der Waals surface area (Å²) in [6, 6.07) is 13.3. The van der Waals surface area contributed by atoms with Crippen molar-refractivity contribution in [3.05, 3.63) is 53.1 Å². The van der Waals surface area contributed by atoms with E-state index < -0.39 is 0 Å². The van der Waals surface area contributed by atoms with Gasteiger partial charge in [-0.05, 0) is 29.8 Å². The van der Waals surface area contributed by atoms with Crippen LogP contribution in [0, 0.1) is 0 Å². The average molecular weight is 462 g/mol. The molecule has 1 heterocycles. The lowest BCUT2D eigenvalue weighted by molar-refractivity contribution is -0.113. The van der Waals surface area contributed by atoms with Crippen molar-refractivity contribution in [1.29, 1.82) is 0 Å². The van der Waals surface area contributed by atoms with E-state index in [1.54, 1.807) is 32.4 Å². The minimum atomic E-state index is -0.120. The SMILES string of the molecule is COc1ccc(NC(=O)CSc2ncc(-c3ccc(Br)cc3)n2C)cc1OC. The van der Waals surface area contributed by atoms with Crippen LogP contribution in [0.4, 0.5) is 5.69 Å². The van der Waals surface area contributed by atoms with E-state index in [-0.39, 0.29) is 11.7 Å². The standard InChI is InChI=1S/C20H20BrN3O3S/c1-24-16(13-4-6-14(21)7-5-13)11-22-20(24)28-12-19(25)23-15-8-9-17(26-2)18(10-15)27-3/h4-11H,12H2,1-3H3,(H,23,25). The van der Waals surface area contributed by atoms with Crippen LogP contribution >= 0.6 is 27.7 Å². The van der Waals surface area contributed by atoms with E-state index >= 15 is 0 Å². The Bertz CT molecular complexity index is 973. The first-order valence-electron chi connectivity index (χ1n) is 8.44. The normalized spacial score (nSPS) is 10.6. The number of aromatic nitrogens is 2. The molecule has 0 spiro atoms. The Kier molecular flexibility index (Phi) is 6.64. The van der Waals surface area contributed by atoms with Crippen LogP contribution < -0.4 is 14.8 Å². The number of nitrogens with zero attached hydrogens (tertiary/aromatic N) is 2. The first kappa shape index (κ1) is 20.3. The second-order valence-corrected chi connectivity index (χ2v) is 7.76. The molecule has 3 aromatic rings. The van der Waals surface area contributed by atoms with Gasteiger partial charge in [-0.15, -0.1) is 0 Å². The maximum absolute atomic E-state index is 12.3. The van der Waals surface area contributed by atoms with Gasteiger partial charge in [-0.1, -0.05) is 39.8 Å². The number of benzene rings is 2. The van der Waals surface area contributed by atoms with Crippen molar-refractivity contribution in [3.8, 4) is 22.8 Å². The Balaban J connectivity index is 1.63. The van der Waals surface area contributed by atoms with Gasteiger partial charge in [0.15, 0.2) is 16.7 Å². The molecule has 1 amide bonds. The topological polar surface area (TPSA) is 65.4 Å². The van der Waals surface area contributed by atoms with Crippen LogP contribution in [0.1, 0.15) is 0 Å². The highest BCUT2D eigenvalue weighted by Gasteiger charge is 2.12. The van der Waals surface area contributed by atoms with Gasteiger partial charge in [0.1, 0.15) is 0 Å². The van der Waals surface area contributed by atoms with E-state index in [9.17, 15) is 4.79 Å². The van der Waals surface area contributed by atoms with Crippen molar-refractivity contribution >= 4 is 39.3 Å². The minimum absolute atomic E-state index is 0.120. The van der Waals surface area contributed by atoms with Crippen LogP contribution in [0.25, 0.3) is 11.3 Å². The highest BCUT2D eigenvalue weighted by Crippen LogP contribution is 2.30. The molecule has 2 aromatic carbocycles. The van der Waals surface area contributed by atoms with E-state index in [0.717, 1.165) is 20.9 Å². The second kappa shape index (κ2) is 9.16. The number of nitrogens with one attached hydrogen (secondary N) is 1. The van der Waals surface area contributed by atoms with E-state index in [4.69, 9.17) is 9.47 Å². The minimum Gasteiger partial charge on any atom is -0.493 e. The highest BCUT2D eigenvalue weighted by atomic mass is 79.9. The van der Waals surface area contributed by atoms with E-state index in [0.29, 0.717) is 17.2 Å². The molecule has 0 aliphatic heterocycles. The Morgan fingerprint density at radius 1 is 1.14 bits per heavy atom. The smallest absolute Gasteiger partial charge is 0.234 e. The number of methoxy groups -OCH3 is 2. The van der Waals surface area contributed by atoms with Crippen LogP contribution in [0.3, 0.4) is 0 Å². The van der Waals surface area contributed by atoms with Gasteiger partial charge in [-0.2, -0.15) is 0 Å². The van der Waals surface area contributed by atoms with Crippen LogP contribution in [0.15, 0.2) is 58.3 Å². The molecular formula is C20H20BrN3O3S. The number of thioether (sulfide) groups is 1. The van der Waals surface area contributed by atoms with E-state index in [2.05, 4.69) is 26.2 Å². The van der Waals surface area contributed by atoms with Crippen LogP contribution in [0.5, 0.6) is 11.5 Å². The lowest BCUT2D eigenvalue weighted by Gasteiger charge is -2.10. The van der Waals surface area contributed by atoms with Crippen molar-refractivity contribution in [2.75, 3.05) is 25.3 Å². The molecule has 0 bridgehead atoms. The van der Waals surface area contributed by atoms with Crippen LogP contribution in [-0.2, 0) is 11.8 Å². The number of rotatable bonds is 7. The van der Waals surface area contributed by atoms with E-state index in [1.165, 1.54) is 11.8 Å². The molecule has 0 saturated carbocycles. The first-order chi connectivity index (χ1) is 13.5. The molecule has 0 atom stereocenters. The molecule has 0 saturated heterocycles. The number of amides is 1. The summed E-state index contributed by atoms with van der Waals surface area (Å²) in [7, 11) is 5.07. The molecule has 8 heteroatoms. The fourth-order valence-electron chi connectivity index (χ4n) is 2.66. The van der Waals surface area contributed by atoms with E-state index in [1.807, 2.05) is 42.1 Å². The molecular weight excluding hydrogens is 442 g/mol. The van der Waals surface area contributed by atoms with Gasteiger partial charge >= 0.3 is 0 Å². The fourth-order valence-corrected chi connectivity index (χ4v) is 3.67. The summed E-state index contributed by atoms with van der Waals surface area (Å²) in [6.07, 6.45) is 1.82. The first-order valence-corrected chi connectivity index (χ1v) is 10.2. The molecule has 28 heavy (non-hydrogen) atoms. The Hall–Kier alpha value is -2.45. The number of halogens is 1. The average Bonchev–Trinajstić information content (AvgIpc) is 3.07. The number of carbonyl (C=O) groups excluding carboxylic acids is 1. The van der Waals surface area contributed by atoms with Crippen molar-refractivity contribution in [3.63, 3.8) is 0 Å². The fraction of sp³-hybridized carbons (Fsp3) is 0.200. The van der Waals surface area contributed by atoms with Gasteiger partial charge in [0.25, 0.3) is 0 Å². The Labute approximate surface area is 176 Å². The summed E-state index contributed by atoms with van der Waals surface area (Å²) < 4.78 is 13.5. The van der Waals surface area contributed by atoms with Gasteiger partial charge in [-0.3, -0.25) is 4.79 Å². The highest BCUT2D eigenvalue weighted by molar-refractivity contribution is 9.10. The molecule has 1 aromatic heterocycles. The molecule has 0 aliphatic carbocycles. The number of hydrogen-bond acceptors (Lipinski definition) is 5. The van der Waals surface area contributed by atoms with Crippen molar-refractivity contribution in [2.24, 2.45) is 7.05 Å². The summed E-state index contributed by atoms with van der Waals surface area (Å²) in [6.45, 7) is 0. The zero-order valence-corrected chi connectivity index (χ0v) is 18.1. The van der Waals surface area contributed by atoms with Gasteiger partial charge < -0.3 is 19.4 Å². The number of anilines is 1. The Morgan fingerprint density at radius 2 is 1.86 bits per heavy atom. The summed E-state index contributed by atoms with van der Waals surface area (Å²) in [5.41, 5.74) is 2.72. The predicted octanol–water partition coefficient (Wildman–Crippen LogP) is 4.60. The molecule has 0 fully saturated rings. The molecule has 0 aliphatic rings. The largest absolute Gasteiger partial charge is 0.493 e. The summed E-state index contributed by atoms with van der Waals surface area (Å²) in [5, 5.41) is 3.64. The molecule has 6 nitrogen and oxygen atoms in total. The van der Waals surface area contributed by atoms with Gasteiger partial charge in [0.2, 0.25) is 5.91 Å². The number of imidazole rings is 1.